The van der Waals surface area contributed by atoms with E-state index in [2.05, 4.69) is 193 Å². The molecule has 0 aliphatic carbocycles. The minimum atomic E-state index is 0.144. The molecule has 6 rings (SSSR count). The predicted molar refractivity (Wildman–Crippen MR) is 207 cm³/mol. The average Bonchev–Trinajstić information content (AvgIpc) is 3.15. The zero-order chi connectivity index (χ0) is 34.3. The van der Waals surface area contributed by atoms with Gasteiger partial charge in [0, 0.05) is 23.7 Å². The van der Waals surface area contributed by atoms with Crippen LogP contribution >= 0.6 is 0 Å². The minimum absolute atomic E-state index is 0.144. The van der Waals surface area contributed by atoms with Crippen LogP contribution < -0.4 is 0 Å². The molecule has 244 valence electrons. The van der Waals surface area contributed by atoms with Gasteiger partial charge in [-0.15, -0.1) is 0 Å². The topological polar surface area (TPSA) is 24.7 Å². The third-order valence-corrected chi connectivity index (χ3v) is 10.0. The molecule has 0 amide bonds. The van der Waals surface area contributed by atoms with Gasteiger partial charge in [0.2, 0.25) is 0 Å². The monoisotopic (exact) mass is 638 g/mol. The number of benzene rings is 6. The Morgan fingerprint density at radius 2 is 0.592 bits per heavy atom. The Morgan fingerprint density at radius 3 is 0.816 bits per heavy atom. The SMILES string of the molecule is Cc1cc([C@H](C)c2ccccc2)c(N=C=Nc2c([C@H](C)c3ccccc3)cc(C)cc2[C@H](C)c2ccccc2)c([C@H](C)c2ccccc2)c1. The number of hydrogen-bond donors (Lipinski definition) is 0. The molecule has 0 radical (unpaired) electrons. The second kappa shape index (κ2) is 15.3. The van der Waals surface area contributed by atoms with Crippen molar-refractivity contribution in [1.82, 2.24) is 0 Å². The average molecular weight is 639 g/mol. The van der Waals surface area contributed by atoms with Crippen molar-refractivity contribution in [2.24, 2.45) is 9.98 Å². The maximum atomic E-state index is 5.19. The molecular formula is C47H46N2. The van der Waals surface area contributed by atoms with E-state index in [0.29, 0.717) is 0 Å². The molecular weight excluding hydrogens is 593 g/mol. The molecule has 0 heterocycles. The molecule has 6 aromatic rings. The fraction of sp³-hybridized carbons (Fsp3) is 0.213. The Hall–Kier alpha value is -5.30. The van der Waals surface area contributed by atoms with Crippen LogP contribution in [-0.4, -0.2) is 6.01 Å². The van der Waals surface area contributed by atoms with Gasteiger partial charge in [0.05, 0.1) is 11.4 Å². The quantitative estimate of drug-likeness (QED) is 0.133. The summed E-state index contributed by atoms with van der Waals surface area (Å²) >= 11 is 0. The second-order valence-electron chi connectivity index (χ2n) is 13.4. The fourth-order valence-electron chi connectivity index (χ4n) is 7.06. The van der Waals surface area contributed by atoms with Crippen LogP contribution in [0.4, 0.5) is 11.4 Å². The minimum Gasteiger partial charge on any atom is -0.187 e. The highest BCUT2D eigenvalue weighted by Crippen LogP contribution is 2.42. The lowest BCUT2D eigenvalue weighted by molar-refractivity contribution is 0.882. The molecule has 0 saturated heterocycles. The van der Waals surface area contributed by atoms with Crippen molar-refractivity contribution in [2.45, 2.75) is 65.2 Å². The van der Waals surface area contributed by atoms with Gasteiger partial charge in [-0.1, -0.05) is 184 Å². The molecule has 0 aromatic heterocycles. The lowest BCUT2D eigenvalue weighted by atomic mass is 9.84. The normalized spacial score (nSPS) is 13.5. The van der Waals surface area contributed by atoms with Gasteiger partial charge in [0.25, 0.3) is 0 Å². The lowest BCUT2D eigenvalue weighted by Crippen LogP contribution is -2.04. The molecule has 0 fully saturated rings. The van der Waals surface area contributed by atoms with Crippen LogP contribution in [0.2, 0.25) is 0 Å². The number of aryl methyl sites for hydroxylation is 2. The van der Waals surface area contributed by atoms with Crippen LogP contribution in [0, 0.1) is 13.8 Å². The third kappa shape index (κ3) is 7.56. The Bertz CT molecular complexity index is 1780. The third-order valence-electron chi connectivity index (χ3n) is 10.0. The molecule has 2 nitrogen and oxygen atoms in total. The van der Waals surface area contributed by atoms with Crippen LogP contribution in [0.25, 0.3) is 0 Å². The van der Waals surface area contributed by atoms with Gasteiger partial charge in [-0.2, -0.15) is 9.98 Å². The molecule has 0 bridgehead atoms. The maximum Gasteiger partial charge on any atom is 0.101 e. The summed E-state index contributed by atoms with van der Waals surface area (Å²) in [6.07, 6.45) is 0. The van der Waals surface area contributed by atoms with Gasteiger partial charge in [-0.05, 0) is 58.4 Å². The van der Waals surface area contributed by atoms with Crippen LogP contribution in [0.15, 0.2) is 156 Å². The first-order valence-corrected chi connectivity index (χ1v) is 17.5. The highest BCUT2D eigenvalue weighted by molar-refractivity contribution is 5.70. The number of aliphatic imine (C=N–C) groups is 2. The summed E-state index contributed by atoms with van der Waals surface area (Å²) in [4.78, 5) is 10.4. The predicted octanol–water partition coefficient (Wildman–Crippen LogP) is 13.0. The van der Waals surface area contributed by atoms with Gasteiger partial charge < -0.3 is 0 Å². The van der Waals surface area contributed by atoms with Gasteiger partial charge in [-0.25, -0.2) is 0 Å². The Morgan fingerprint density at radius 1 is 0.367 bits per heavy atom. The fourth-order valence-corrected chi connectivity index (χ4v) is 7.06. The van der Waals surface area contributed by atoms with E-state index in [0.717, 1.165) is 11.4 Å². The van der Waals surface area contributed by atoms with E-state index in [1.54, 1.807) is 0 Å². The van der Waals surface area contributed by atoms with E-state index in [1.165, 1.54) is 55.6 Å². The molecule has 0 N–H and O–H groups in total. The Balaban J connectivity index is 1.56. The smallest absolute Gasteiger partial charge is 0.101 e. The van der Waals surface area contributed by atoms with Gasteiger partial charge in [0.15, 0.2) is 0 Å². The number of rotatable bonds is 10. The van der Waals surface area contributed by atoms with E-state index in [1.807, 2.05) is 0 Å². The van der Waals surface area contributed by atoms with E-state index in [4.69, 9.17) is 9.98 Å². The highest BCUT2D eigenvalue weighted by atomic mass is 14.8. The number of hydrogen-bond acceptors (Lipinski definition) is 2. The largest absolute Gasteiger partial charge is 0.187 e. The Kier molecular flexibility index (Phi) is 10.5. The molecule has 2 heteroatoms. The van der Waals surface area contributed by atoms with Crippen LogP contribution in [0.1, 0.15) is 107 Å². The van der Waals surface area contributed by atoms with Crippen molar-refractivity contribution in [1.29, 1.82) is 0 Å². The zero-order valence-electron chi connectivity index (χ0n) is 29.6. The van der Waals surface area contributed by atoms with Gasteiger partial charge >= 0.3 is 0 Å². The van der Waals surface area contributed by atoms with Crippen molar-refractivity contribution in [2.75, 3.05) is 0 Å². The standard InChI is InChI=1S/C47H46N2/c1-32-27-42(34(3)38-19-11-7-12-20-38)46(43(28-32)35(4)39-21-13-8-14-22-39)48-31-49-47-44(36(5)40-23-15-9-16-24-40)29-33(2)30-45(47)37(6)41-25-17-10-18-26-41/h7-30,34-37H,1-6H3/t34-,35-,36-,37-/m1/s1. The summed E-state index contributed by atoms with van der Waals surface area (Å²) in [5.74, 6) is 0.574. The first-order valence-electron chi connectivity index (χ1n) is 17.5. The van der Waals surface area contributed by atoms with Crippen molar-refractivity contribution >= 4 is 17.4 Å². The molecule has 0 aliphatic rings. The first kappa shape index (κ1) is 33.6. The van der Waals surface area contributed by atoms with Crippen LogP contribution in [0.3, 0.4) is 0 Å². The summed E-state index contributed by atoms with van der Waals surface area (Å²) in [6.45, 7) is 13.5. The van der Waals surface area contributed by atoms with Crippen molar-refractivity contribution in [3.8, 4) is 0 Å². The molecule has 4 atom stereocenters. The zero-order valence-corrected chi connectivity index (χ0v) is 29.6. The van der Waals surface area contributed by atoms with Crippen LogP contribution in [-0.2, 0) is 0 Å². The summed E-state index contributed by atoms with van der Waals surface area (Å²) in [7, 11) is 0. The second-order valence-corrected chi connectivity index (χ2v) is 13.4. The van der Waals surface area contributed by atoms with Crippen molar-refractivity contribution in [3.63, 3.8) is 0 Å². The van der Waals surface area contributed by atoms with Gasteiger partial charge in [0.1, 0.15) is 6.01 Å². The van der Waals surface area contributed by atoms with E-state index in [9.17, 15) is 0 Å². The first-order chi connectivity index (χ1) is 23.8. The van der Waals surface area contributed by atoms with Crippen molar-refractivity contribution < 1.29 is 0 Å². The summed E-state index contributed by atoms with van der Waals surface area (Å²) < 4.78 is 0. The molecule has 0 spiro atoms. The highest BCUT2D eigenvalue weighted by Gasteiger charge is 2.23. The lowest BCUT2D eigenvalue weighted by Gasteiger charge is -2.22. The molecule has 0 saturated carbocycles. The molecule has 6 aromatic carbocycles. The van der Waals surface area contributed by atoms with E-state index < -0.39 is 0 Å². The van der Waals surface area contributed by atoms with E-state index in [-0.39, 0.29) is 23.7 Å². The number of nitrogens with zero attached hydrogens (tertiary/aromatic N) is 2. The molecule has 49 heavy (non-hydrogen) atoms. The maximum absolute atomic E-state index is 5.19. The summed E-state index contributed by atoms with van der Waals surface area (Å²) in [6, 6.07) is 55.3. The van der Waals surface area contributed by atoms with Crippen LogP contribution in [0.5, 0.6) is 0 Å². The van der Waals surface area contributed by atoms with E-state index >= 15 is 0 Å². The summed E-state index contributed by atoms with van der Waals surface area (Å²) in [5.41, 5.74) is 14.1. The molecule has 0 unspecified atom stereocenters. The molecule has 0 aliphatic heterocycles. The van der Waals surface area contributed by atoms with Gasteiger partial charge in [-0.3, -0.25) is 0 Å². The van der Waals surface area contributed by atoms with Crippen molar-refractivity contribution in [3.05, 3.63) is 201 Å². The Labute approximate surface area is 293 Å². The summed E-state index contributed by atoms with van der Waals surface area (Å²) in [5, 5.41) is 0.